The van der Waals surface area contributed by atoms with Crippen molar-refractivity contribution in [1.29, 1.82) is 0 Å². The van der Waals surface area contributed by atoms with Crippen LogP contribution in [0.5, 0.6) is 5.75 Å². The second-order valence-electron chi connectivity index (χ2n) is 7.62. The summed E-state index contributed by atoms with van der Waals surface area (Å²) in [6, 6.07) is 7.39. The Bertz CT molecular complexity index is 610. The summed E-state index contributed by atoms with van der Waals surface area (Å²) in [5, 5.41) is 0. The molecule has 3 unspecified atom stereocenters. The number of ether oxygens (including phenoxy) is 3. The standard InChI is InChI=1S/C21H30O5/c1-14(2)18-9-8-16(4)11-19(18)26-21(23)13-25-20(22)12-24-17-7-5-6-15(3)10-17/h5-7,10,14,16,18-19H,8-9,11-13H2,1-4H3. The number of benzene rings is 1. The van der Waals surface area contributed by atoms with E-state index in [-0.39, 0.29) is 19.3 Å². The largest absolute Gasteiger partial charge is 0.482 e. The highest BCUT2D eigenvalue weighted by Gasteiger charge is 2.33. The van der Waals surface area contributed by atoms with Crippen molar-refractivity contribution in [2.24, 2.45) is 17.8 Å². The first-order valence-corrected chi connectivity index (χ1v) is 9.39. The highest BCUT2D eigenvalue weighted by Crippen LogP contribution is 2.35. The van der Waals surface area contributed by atoms with Crippen LogP contribution in [0.15, 0.2) is 24.3 Å². The van der Waals surface area contributed by atoms with E-state index in [2.05, 4.69) is 20.8 Å². The zero-order valence-corrected chi connectivity index (χ0v) is 16.2. The van der Waals surface area contributed by atoms with Gasteiger partial charge in [-0.25, -0.2) is 9.59 Å². The fourth-order valence-corrected chi connectivity index (χ4v) is 3.48. The minimum Gasteiger partial charge on any atom is -0.482 e. The van der Waals surface area contributed by atoms with Crippen molar-refractivity contribution < 1.29 is 23.8 Å². The molecule has 5 nitrogen and oxygen atoms in total. The Morgan fingerprint density at radius 1 is 1.15 bits per heavy atom. The van der Waals surface area contributed by atoms with Gasteiger partial charge in [0.2, 0.25) is 0 Å². The molecule has 0 radical (unpaired) electrons. The van der Waals surface area contributed by atoms with Crippen molar-refractivity contribution in [3.8, 4) is 5.75 Å². The van der Waals surface area contributed by atoms with Gasteiger partial charge in [0.05, 0.1) is 0 Å². The molecule has 26 heavy (non-hydrogen) atoms. The number of hydrogen-bond acceptors (Lipinski definition) is 5. The minimum absolute atomic E-state index is 0.0894. The third-order valence-corrected chi connectivity index (χ3v) is 4.94. The first kappa shape index (κ1) is 20.3. The average Bonchev–Trinajstić information content (AvgIpc) is 2.58. The van der Waals surface area contributed by atoms with Gasteiger partial charge in [-0.05, 0) is 55.2 Å². The lowest BCUT2D eigenvalue weighted by atomic mass is 9.75. The Morgan fingerprint density at radius 3 is 2.62 bits per heavy atom. The molecule has 0 heterocycles. The zero-order chi connectivity index (χ0) is 19.1. The van der Waals surface area contributed by atoms with E-state index in [4.69, 9.17) is 14.2 Å². The van der Waals surface area contributed by atoms with Crippen LogP contribution in [-0.2, 0) is 19.1 Å². The maximum atomic E-state index is 12.1. The van der Waals surface area contributed by atoms with E-state index in [1.54, 1.807) is 6.07 Å². The third kappa shape index (κ3) is 6.36. The van der Waals surface area contributed by atoms with E-state index in [0.717, 1.165) is 18.4 Å². The summed E-state index contributed by atoms with van der Waals surface area (Å²) in [4.78, 5) is 23.8. The molecule has 0 aromatic heterocycles. The van der Waals surface area contributed by atoms with Crippen LogP contribution in [0.4, 0.5) is 0 Å². The molecule has 144 valence electrons. The number of aryl methyl sites for hydroxylation is 1. The van der Waals surface area contributed by atoms with Crippen molar-refractivity contribution in [2.45, 2.75) is 53.1 Å². The van der Waals surface area contributed by atoms with Crippen LogP contribution in [-0.4, -0.2) is 31.3 Å². The fraction of sp³-hybridized carbons (Fsp3) is 0.619. The molecule has 1 aliphatic rings. The van der Waals surface area contributed by atoms with Crippen LogP contribution >= 0.6 is 0 Å². The molecular formula is C21H30O5. The van der Waals surface area contributed by atoms with Gasteiger partial charge in [-0.3, -0.25) is 0 Å². The summed E-state index contributed by atoms with van der Waals surface area (Å²) in [5.41, 5.74) is 1.04. The van der Waals surface area contributed by atoms with Crippen LogP contribution in [0, 0.1) is 24.7 Å². The van der Waals surface area contributed by atoms with Crippen LogP contribution in [0.25, 0.3) is 0 Å². The van der Waals surface area contributed by atoms with Crippen LogP contribution in [0.1, 0.15) is 45.6 Å². The molecule has 2 rings (SSSR count). The Morgan fingerprint density at radius 2 is 1.92 bits per heavy atom. The van der Waals surface area contributed by atoms with Crippen LogP contribution in [0.3, 0.4) is 0 Å². The quantitative estimate of drug-likeness (QED) is 0.688. The molecule has 0 amide bonds. The molecule has 1 fully saturated rings. The molecule has 0 bridgehead atoms. The molecule has 1 aromatic rings. The van der Waals surface area contributed by atoms with Gasteiger partial charge in [-0.15, -0.1) is 0 Å². The number of rotatable bonds is 7. The second kappa shape index (κ2) is 9.60. The highest BCUT2D eigenvalue weighted by molar-refractivity contribution is 5.77. The van der Waals surface area contributed by atoms with Crippen molar-refractivity contribution >= 4 is 11.9 Å². The normalized spacial score (nSPS) is 22.7. The molecule has 3 atom stereocenters. The molecule has 0 N–H and O–H groups in total. The predicted octanol–water partition coefficient (Wildman–Crippen LogP) is 3.92. The monoisotopic (exact) mass is 362 g/mol. The molecule has 1 saturated carbocycles. The van der Waals surface area contributed by atoms with Crippen LogP contribution < -0.4 is 4.74 Å². The number of esters is 2. The molecule has 1 aliphatic carbocycles. The fourth-order valence-electron chi connectivity index (χ4n) is 3.48. The van der Waals surface area contributed by atoms with E-state index in [9.17, 15) is 9.59 Å². The summed E-state index contributed by atoms with van der Waals surface area (Å²) in [5.74, 6) is 0.911. The van der Waals surface area contributed by atoms with Crippen molar-refractivity contribution in [3.05, 3.63) is 29.8 Å². The van der Waals surface area contributed by atoms with E-state index < -0.39 is 11.9 Å². The molecule has 0 spiro atoms. The smallest absolute Gasteiger partial charge is 0.344 e. The van der Waals surface area contributed by atoms with Crippen molar-refractivity contribution in [2.75, 3.05) is 13.2 Å². The van der Waals surface area contributed by atoms with Crippen molar-refractivity contribution in [3.63, 3.8) is 0 Å². The van der Waals surface area contributed by atoms with E-state index in [0.29, 0.717) is 23.5 Å². The highest BCUT2D eigenvalue weighted by atomic mass is 16.6. The Labute approximate surface area is 156 Å². The lowest BCUT2D eigenvalue weighted by Crippen LogP contribution is -2.37. The van der Waals surface area contributed by atoms with Gasteiger partial charge in [-0.1, -0.05) is 39.3 Å². The van der Waals surface area contributed by atoms with E-state index in [1.165, 1.54) is 6.42 Å². The molecule has 0 aliphatic heterocycles. The molecular weight excluding hydrogens is 332 g/mol. The summed E-state index contributed by atoms with van der Waals surface area (Å²) >= 11 is 0. The van der Waals surface area contributed by atoms with Gasteiger partial charge < -0.3 is 14.2 Å². The summed E-state index contributed by atoms with van der Waals surface area (Å²) in [6.45, 7) is 7.84. The van der Waals surface area contributed by atoms with Gasteiger partial charge in [-0.2, -0.15) is 0 Å². The Balaban J connectivity index is 1.74. The first-order valence-electron chi connectivity index (χ1n) is 9.39. The third-order valence-electron chi connectivity index (χ3n) is 4.94. The number of hydrogen-bond donors (Lipinski definition) is 0. The van der Waals surface area contributed by atoms with Gasteiger partial charge in [0.25, 0.3) is 0 Å². The summed E-state index contributed by atoms with van der Waals surface area (Å²) in [6.07, 6.45) is 3.02. The maximum absolute atomic E-state index is 12.1. The second-order valence-corrected chi connectivity index (χ2v) is 7.62. The first-order chi connectivity index (χ1) is 12.3. The zero-order valence-electron chi connectivity index (χ0n) is 16.2. The van der Waals surface area contributed by atoms with Crippen LogP contribution in [0.2, 0.25) is 0 Å². The topological polar surface area (TPSA) is 61.8 Å². The van der Waals surface area contributed by atoms with Gasteiger partial charge in [0.1, 0.15) is 11.9 Å². The summed E-state index contributed by atoms with van der Waals surface area (Å²) in [7, 11) is 0. The van der Waals surface area contributed by atoms with E-state index >= 15 is 0 Å². The van der Waals surface area contributed by atoms with Gasteiger partial charge in [0, 0.05) is 0 Å². The molecule has 1 aromatic carbocycles. The maximum Gasteiger partial charge on any atom is 0.344 e. The van der Waals surface area contributed by atoms with Crippen molar-refractivity contribution in [1.82, 2.24) is 0 Å². The SMILES string of the molecule is Cc1cccc(OCC(=O)OCC(=O)OC2CC(C)CCC2C(C)C)c1. The summed E-state index contributed by atoms with van der Waals surface area (Å²) < 4.78 is 16.0. The average molecular weight is 362 g/mol. The van der Waals surface area contributed by atoms with Gasteiger partial charge >= 0.3 is 11.9 Å². The minimum atomic E-state index is -0.583. The number of carbonyl (C=O) groups excluding carboxylic acids is 2. The number of carbonyl (C=O) groups is 2. The molecule has 0 saturated heterocycles. The van der Waals surface area contributed by atoms with Gasteiger partial charge in [0.15, 0.2) is 13.2 Å². The molecule has 5 heteroatoms. The predicted molar refractivity (Wildman–Crippen MR) is 98.9 cm³/mol. The Hall–Kier alpha value is -2.04. The lowest BCUT2D eigenvalue weighted by Gasteiger charge is -2.36. The van der Waals surface area contributed by atoms with E-state index in [1.807, 2.05) is 25.1 Å². The Kier molecular flexibility index (Phi) is 7.49. The lowest BCUT2D eigenvalue weighted by molar-refractivity contribution is -0.167.